The average Bonchev–Trinajstić information content (AvgIpc) is 3.21. The summed E-state index contributed by atoms with van der Waals surface area (Å²) in [6.45, 7) is 2.00. The van der Waals surface area contributed by atoms with Crippen molar-refractivity contribution in [1.29, 1.82) is 0 Å². The van der Waals surface area contributed by atoms with E-state index in [2.05, 4.69) is 20.8 Å². The molecule has 0 saturated heterocycles. The second kappa shape index (κ2) is 9.83. The van der Waals surface area contributed by atoms with Crippen molar-refractivity contribution in [2.75, 3.05) is 24.7 Å². The van der Waals surface area contributed by atoms with Gasteiger partial charge in [0, 0.05) is 12.7 Å². The first-order chi connectivity index (χ1) is 14.1. The molecule has 0 aliphatic rings. The number of aryl methyl sites for hydroxylation is 1. The first-order valence-corrected chi connectivity index (χ1v) is 10.2. The topological polar surface area (TPSA) is 93.0 Å². The number of nitrogens with one attached hydrogen (secondary N) is 1. The van der Waals surface area contributed by atoms with E-state index in [1.165, 1.54) is 16.7 Å². The zero-order chi connectivity index (χ0) is 20.6. The average molecular weight is 411 g/mol. The van der Waals surface area contributed by atoms with Gasteiger partial charge < -0.3 is 10.2 Å². The van der Waals surface area contributed by atoms with Crippen molar-refractivity contribution < 1.29 is 9.59 Å². The Hall–Kier alpha value is -3.20. The molecule has 9 heteroatoms. The molecule has 0 unspecified atom stereocenters. The van der Waals surface area contributed by atoms with Crippen molar-refractivity contribution in [1.82, 2.24) is 25.1 Å². The highest BCUT2D eigenvalue weighted by Gasteiger charge is 2.16. The van der Waals surface area contributed by atoms with E-state index in [1.54, 1.807) is 11.7 Å². The predicted octanol–water partition coefficient (Wildman–Crippen LogP) is 2.41. The number of thioether (sulfide) groups is 1. The first kappa shape index (κ1) is 20.5. The Labute approximate surface area is 173 Å². The fraction of sp³-hybridized carbons (Fsp3) is 0.250. The molecular weight excluding hydrogens is 388 g/mol. The van der Waals surface area contributed by atoms with Gasteiger partial charge in [-0.2, -0.15) is 4.68 Å². The number of nitrogens with zero attached hydrogens (tertiary/aromatic N) is 5. The molecule has 1 aromatic heterocycles. The number of likely N-dealkylation sites (N-methyl/N-ethyl adjacent to an activating group) is 1. The molecule has 1 N–H and O–H groups in total. The zero-order valence-corrected chi connectivity index (χ0v) is 17.1. The van der Waals surface area contributed by atoms with E-state index in [0.717, 1.165) is 23.4 Å². The number of para-hydroxylation sites is 2. The SMILES string of the molecule is CCc1ccccc1NC(=O)CN(C)C(=O)CSc1nnnn1-c1ccccc1. The Bertz CT molecular complexity index is 976. The molecule has 3 aromatic rings. The molecular formula is C20H22N6O2S. The highest BCUT2D eigenvalue weighted by molar-refractivity contribution is 7.99. The Morgan fingerprint density at radius 3 is 2.59 bits per heavy atom. The zero-order valence-electron chi connectivity index (χ0n) is 16.3. The molecule has 0 saturated carbocycles. The molecule has 29 heavy (non-hydrogen) atoms. The third-order valence-corrected chi connectivity index (χ3v) is 5.15. The van der Waals surface area contributed by atoms with Gasteiger partial charge in [-0.05, 0) is 40.6 Å². The van der Waals surface area contributed by atoms with Crippen LogP contribution in [-0.4, -0.2) is 56.3 Å². The van der Waals surface area contributed by atoms with Gasteiger partial charge in [-0.3, -0.25) is 9.59 Å². The lowest BCUT2D eigenvalue weighted by Crippen LogP contribution is -2.36. The lowest BCUT2D eigenvalue weighted by atomic mass is 10.1. The van der Waals surface area contributed by atoms with Crippen LogP contribution in [0.15, 0.2) is 59.8 Å². The van der Waals surface area contributed by atoms with Crippen LogP contribution in [0.25, 0.3) is 5.69 Å². The van der Waals surface area contributed by atoms with Crippen molar-refractivity contribution in [2.24, 2.45) is 0 Å². The maximum absolute atomic E-state index is 12.4. The van der Waals surface area contributed by atoms with E-state index >= 15 is 0 Å². The molecule has 3 rings (SSSR count). The van der Waals surface area contributed by atoms with Gasteiger partial charge in [0.2, 0.25) is 17.0 Å². The summed E-state index contributed by atoms with van der Waals surface area (Å²) in [5, 5.41) is 15.0. The van der Waals surface area contributed by atoms with Crippen molar-refractivity contribution in [3.8, 4) is 5.69 Å². The van der Waals surface area contributed by atoms with E-state index in [0.29, 0.717) is 5.16 Å². The van der Waals surface area contributed by atoms with Crippen LogP contribution in [0.5, 0.6) is 0 Å². The fourth-order valence-electron chi connectivity index (χ4n) is 2.68. The minimum atomic E-state index is -0.235. The third-order valence-electron chi connectivity index (χ3n) is 4.25. The van der Waals surface area contributed by atoms with E-state index in [9.17, 15) is 9.59 Å². The van der Waals surface area contributed by atoms with Crippen molar-refractivity contribution in [3.05, 3.63) is 60.2 Å². The second-order valence-electron chi connectivity index (χ2n) is 6.31. The smallest absolute Gasteiger partial charge is 0.243 e. The molecule has 1 heterocycles. The van der Waals surface area contributed by atoms with Crippen LogP contribution in [0.4, 0.5) is 5.69 Å². The summed E-state index contributed by atoms with van der Waals surface area (Å²) in [5.41, 5.74) is 2.64. The number of rotatable bonds is 8. The van der Waals surface area contributed by atoms with E-state index in [4.69, 9.17) is 0 Å². The largest absolute Gasteiger partial charge is 0.336 e. The molecule has 0 aliphatic heterocycles. The highest BCUT2D eigenvalue weighted by atomic mass is 32.2. The highest BCUT2D eigenvalue weighted by Crippen LogP contribution is 2.18. The predicted molar refractivity (Wildman–Crippen MR) is 112 cm³/mol. The summed E-state index contributed by atoms with van der Waals surface area (Å²) < 4.78 is 1.58. The van der Waals surface area contributed by atoms with Gasteiger partial charge in [-0.1, -0.05) is 55.1 Å². The van der Waals surface area contributed by atoms with Crippen molar-refractivity contribution >= 4 is 29.3 Å². The number of carbonyl (C=O) groups is 2. The number of carbonyl (C=O) groups excluding carboxylic acids is 2. The number of benzene rings is 2. The molecule has 0 fully saturated rings. The minimum absolute atomic E-state index is 0.0267. The molecule has 0 radical (unpaired) electrons. The first-order valence-electron chi connectivity index (χ1n) is 9.16. The minimum Gasteiger partial charge on any atom is -0.336 e. The van der Waals surface area contributed by atoms with Crippen LogP contribution < -0.4 is 5.32 Å². The molecule has 2 aromatic carbocycles. The maximum atomic E-state index is 12.4. The van der Waals surface area contributed by atoms with Gasteiger partial charge in [-0.15, -0.1) is 5.10 Å². The van der Waals surface area contributed by atoms with Crippen LogP contribution in [-0.2, 0) is 16.0 Å². The fourth-order valence-corrected chi connectivity index (χ4v) is 3.51. The summed E-state index contributed by atoms with van der Waals surface area (Å²) >= 11 is 1.23. The summed E-state index contributed by atoms with van der Waals surface area (Å²) in [4.78, 5) is 26.2. The Morgan fingerprint density at radius 2 is 1.83 bits per heavy atom. The van der Waals surface area contributed by atoms with Gasteiger partial charge in [0.25, 0.3) is 0 Å². The number of aromatic nitrogens is 4. The Morgan fingerprint density at radius 1 is 1.10 bits per heavy atom. The van der Waals surface area contributed by atoms with Gasteiger partial charge in [-0.25, -0.2) is 0 Å². The molecule has 0 aliphatic carbocycles. The lowest BCUT2D eigenvalue weighted by Gasteiger charge is -2.17. The quantitative estimate of drug-likeness (QED) is 0.573. The molecule has 0 bridgehead atoms. The van der Waals surface area contributed by atoms with Gasteiger partial charge in [0.05, 0.1) is 18.0 Å². The van der Waals surface area contributed by atoms with Gasteiger partial charge in [0.15, 0.2) is 0 Å². The summed E-state index contributed by atoms with van der Waals surface area (Å²) in [6, 6.07) is 17.1. The monoisotopic (exact) mass is 410 g/mol. The summed E-state index contributed by atoms with van der Waals surface area (Å²) in [5.74, 6) is -0.292. The molecule has 150 valence electrons. The summed E-state index contributed by atoms with van der Waals surface area (Å²) in [6.07, 6.45) is 0.817. The third kappa shape index (κ3) is 5.41. The number of amides is 2. The number of anilines is 1. The molecule has 0 spiro atoms. The Kier molecular flexibility index (Phi) is 6.96. The lowest BCUT2D eigenvalue weighted by molar-refractivity contribution is -0.131. The van der Waals surface area contributed by atoms with Gasteiger partial charge >= 0.3 is 0 Å². The van der Waals surface area contributed by atoms with Crippen molar-refractivity contribution in [2.45, 2.75) is 18.5 Å². The number of hydrogen-bond donors (Lipinski definition) is 1. The molecule has 8 nitrogen and oxygen atoms in total. The molecule has 0 atom stereocenters. The van der Waals surface area contributed by atoms with E-state index < -0.39 is 0 Å². The number of hydrogen-bond acceptors (Lipinski definition) is 6. The van der Waals surface area contributed by atoms with Crippen LogP contribution in [0.1, 0.15) is 12.5 Å². The normalized spacial score (nSPS) is 10.6. The summed E-state index contributed by atoms with van der Waals surface area (Å²) in [7, 11) is 1.61. The van der Waals surface area contributed by atoms with E-state index in [1.807, 2.05) is 61.5 Å². The van der Waals surface area contributed by atoms with E-state index in [-0.39, 0.29) is 24.1 Å². The maximum Gasteiger partial charge on any atom is 0.243 e. The molecule has 2 amide bonds. The number of tetrazole rings is 1. The van der Waals surface area contributed by atoms with Crippen LogP contribution >= 0.6 is 11.8 Å². The van der Waals surface area contributed by atoms with Crippen LogP contribution in [0.2, 0.25) is 0 Å². The van der Waals surface area contributed by atoms with Crippen LogP contribution in [0.3, 0.4) is 0 Å². The Balaban J connectivity index is 1.54. The van der Waals surface area contributed by atoms with Crippen molar-refractivity contribution in [3.63, 3.8) is 0 Å². The van der Waals surface area contributed by atoms with Crippen LogP contribution in [0, 0.1) is 0 Å². The van der Waals surface area contributed by atoms with Gasteiger partial charge in [0.1, 0.15) is 0 Å². The second-order valence-corrected chi connectivity index (χ2v) is 7.25. The standard InChI is InChI=1S/C20H22N6O2S/c1-3-15-9-7-8-12-17(15)21-18(27)13-25(2)19(28)14-29-20-22-23-24-26(20)16-10-5-4-6-11-16/h4-12H,3,13-14H2,1-2H3,(H,21,27).